The molecule has 0 atom stereocenters. The molecule has 0 N–H and O–H groups in total. The first kappa shape index (κ1) is 35.8. The molecule has 0 amide bonds. The third-order valence-electron chi connectivity index (χ3n) is 6.52. The van der Waals surface area contributed by atoms with Crippen LogP contribution in [0.25, 0.3) is 0 Å². The topological polar surface area (TPSA) is 55.4 Å². The first-order valence-corrected chi connectivity index (χ1v) is 14.2. The van der Waals surface area contributed by atoms with Crippen molar-refractivity contribution in [3.05, 3.63) is 0 Å². The van der Waals surface area contributed by atoms with Gasteiger partial charge in [-0.2, -0.15) is 0 Å². The van der Waals surface area contributed by atoms with Crippen LogP contribution in [0.2, 0.25) is 0 Å². The van der Waals surface area contributed by atoms with E-state index in [2.05, 4.69) is 90.0 Å². The Morgan fingerprint density at radius 3 is 0.917 bits per heavy atom. The molecule has 0 aliphatic rings. The first-order chi connectivity index (χ1) is 16.4. The molecule has 0 saturated carbocycles. The van der Waals surface area contributed by atoms with Crippen LogP contribution in [0.3, 0.4) is 0 Å². The van der Waals surface area contributed by atoms with Gasteiger partial charge in [-0.3, -0.25) is 0 Å². The Balaban J connectivity index is 5.34. The fourth-order valence-corrected chi connectivity index (χ4v) is 3.31. The largest absolute Gasteiger partial charge is 0.379 e. The quantitative estimate of drug-likeness (QED) is 0.151. The molecule has 0 spiro atoms. The molecule has 0 rings (SSSR count). The van der Waals surface area contributed by atoms with E-state index in [-0.39, 0.29) is 40.5 Å². The van der Waals surface area contributed by atoms with E-state index in [1.54, 1.807) is 0 Å². The predicted octanol–water partition coefficient (Wildman–Crippen LogP) is 7.21. The predicted molar refractivity (Wildman–Crippen MR) is 150 cm³/mol. The lowest BCUT2D eigenvalue weighted by Crippen LogP contribution is -2.45. The SMILES string of the molecule is CCC(COC(C)(C)CCOC(C)C)(COC(C)(C)CCOC(C)C)COC(C)(C)CCOC(C)C. The van der Waals surface area contributed by atoms with Crippen molar-refractivity contribution >= 4 is 0 Å². The van der Waals surface area contributed by atoms with Gasteiger partial charge in [0.15, 0.2) is 0 Å². The minimum atomic E-state index is -0.295. The van der Waals surface area contributed by atoms with Crippen LogP contribution in [-0.4, -0.2) is 74.8 Å². The zero-order valence-electron chi connectivity index (χ0n) is 26.3. The summed E-state index contributed by atoms with van der Waals surface area (Å²) < 4.78 is 36.9. The van der Waals surface area contributed by atoms with Crippen molar-refractivity contribution in [2.24, 2.45) is 5.41 Å². The number of ether oxygens (including phenoxy) is 6. The van der Waals surface area contributed by atoms with E-state index < -0.39 is 0 Å². The summed E-state index contributed by atoms with van der Waals surface area (Å²) in [5, 5.41) is 0. The molecule has 0 saturated heterocycles. The van der Waals surface area contributed by atoms with Gasteiger partial charge in [-0.25, -0.2) is 0 Å². The highest BCUT2D eigenvalue weighted by Gasteiger charge is 2.36. The molecule has 0 aromatic rings. The second kappa shape index (κ2) is 16.7. The van der Waals surface area contributed by atoms with E-state index >= 15 is 0 Å². The Kier molecular flexibility index (Phi) is 16.6. The smallest absolute Gasteiger partial charge is 0.0648 e. The van der Waals surface area contributed by atoms with Gasteiger partial charge in [-0.15, -0.1) is 0 Å². The third-order valence-corrected chi connectivity index (χ3v) is 6.52. The molecule has 0 unspecified atom stereocenters. The molecule has 0 fully saturated rings. The second-order valence-electron chi connectivity index (χ2n) is 13.0. The molecule has 6 nitrogen and oxygen atoms in total. The fourth-order valence-electron chi connectivity index (χ4n) is 3.31. The lowest BCUT2D eigenvalue weighted by atomic mass is 9.86. The summed E-state index contributed by atoms with van der Waals surface area (Å²) in [6.07, 6.45) is 4.07. The third kappa shape index (κ3) is 18.1. The van der Waals surface area contributed by atoms with E-state index in [9.17, 15) is 0 Å². The average Bonchev–Trinajstić information content (AvgIpc) is 2.72. The van der Waals surface area contributed by atoms with Crippen LogP contribution in [0, 0.1) is 5.41 Å². The van der Waals surface area contributed by atoms with Crippen molar-refractivity contribution in [3.8, 4) is 0 Å². The molecule has 0 radical (unpaired) electrons. The van der Waals surface area contributed by atoms with Crippen LogP contribution in [0.1, 0.15) is 116 Å². The molecular formula is C30H62O6. The zero-order chi connectivity index (χ0) is 28.0. The molecule has 0 aliphatic carbocycles. The minimum absolute atomic E-state index is 0.223. The normalized spacial score (nSPS) is 14.0. The van der Waals surface area contributed by atoms with Crippen LogP contribution in [0.15, 0.2) is 0 Å². The van der Waals surface area contributed by atoms with Gasteiger partial charge in [0.1, 0.15) is 0 Å². The molecule has 6 heteroatoms. The van der Waals surface area contributed by atoms with E-state index in [4.69, 9.17) is 28.4 Å². The molecule has 0 heterocycles. The summed E-state index contributed by atoms with van der Waals surface area (Å²) in [5.74, 6) is 0. The van der Waals surface area contributed by atoms with E-state index in [1.807, 2.05) is 0 Å². The lowest BCUT2D eigenvalue weighted by Gasteiger charge is -2.40. The number of rotatable bonds is 22. The monoisotopic (exact) mass is 518 g/mol. The Labute approximate surface area is 224 Å². The van der Waals surface area contributed by atoms with Gasteiger partial charge in [-0.1, -0.05) is 6.92 Å². The van der Waals surface area contributed by atoms with Gasteiger partial charge in [0.05, 0.1) is 54.9 Å². The molecule has 218 valence electrons. The number of hydrogen-bond donors (Lipinski definition) is 0. The second-order valence-corrected chi connectivity index (χ2v) is 13.0. The van der Waals surface area contributed by atoms with Gasteiger partial charge < -0.3 is 28.4 Å². The Morgan fingerprint density at radius 1 is 0.472 bits per heavy atom. The maximum Gasteiger partial charge on any atom is 0.0648 e. The van der Waals surface area contributed by atoms with Gasteiger partial charge in [0.25, 0.3) is 0 Å². The molecule has 0 aliphatic heterocycles. The lowest BCUT2D eigenvalue weighted by molar-refractivity contribution is -0.166. The first-order valence-electron chi connectivity index (χ1n) is 14.2. The number of hydrogen-bond acceptors (Lipinski definition) is 6. The van der Waals surface area contributed by atoms with Gasteiger partial charge in [0, 0.05) is 25.2 Å². The van der Waals surface area contributed by atoms with Gasteiger partial charge >= 0.3 is 0 Å². The molecular weight excluding hydrogens is 456 g/mol. The highest BCUT2D eigenvalue weighted by Crippen LogP contribution is 2.32. The standard InChI is InChI=1S/C30H62O6/c1-14-30(21-34-27(8,9)15-18-31-24(2)3,22-35-28(10,11)16-19-32-25(4)5)23-36-29(12,13)17-20-33-26(6)7/h24-26H,14-23H2,1-13H3. The van der Waals surface area contributed by atoms with Crippen molar-refractivity contribution < 1.29 is 28.4 Å². The van der Waals surface area contributed by atoms with Crippen LogP contribution in [-0.2, 0) is 28.4 Å². The summed E-state index contributed by atoms with van der Waals surface area (Å²) in [7, 11) is 0. The minimum Gasteiger partial charge on any atom is -0.379 e. The highest BCUT2D eigenvalue weighted by molar-refractivity contribution is 4.84. The van der Waals surface area contributed by atoms with Crippen molar-refractivity contribution in [2.45, 2.75) is 151 Å². The van der Waals surface area contributed by atoms with E-state index in [0.717, 1.165) is 25.7 Å². The molecule has 0 aromatic carbocycles. The summed E-state index contributed by atoms with van der Waals surface area (Å²) in [5.41, 5.74) is -1.15. The summed E-state index contributed by atoms with van der Waals surface area (Å²) in [6.45, 7) is 31.1. The van der Waals surface area contributed by atoms with Crippen molar-refractivity contribution in [1.29, 1.82) is 0 Å². The zero-order valence-corrected chi connectivity index (χ0v) is 26.3. The average molecular weight is 519 g/mol. The summed E-state index contributed by atoms with van der Waals surface area (Å²) >= 11 is 0. The van der Waals surface area contributed by atoms with E-state index in [1.165, 1.54) is 0 Å². The van der Waals surface area contributed by atoms with Crippen LogP contribution < -0.4 is 0 Å². The fraction of sp³-hybridized carbons (Fsp3) is 1.00. The van der Waals surface area contributed by atoms with Gasteiger partial charge in [-0.05, 0) is 109 Å². The maximum atomic E-state index is 6.53. The Hall–Kier alpha value is -0.240. The van der Waals surface area contributed by atoms with E-state index in [0.29, 0.717) is 39.6 Å². The van der Waals surface area contributed by atoms with Crippen molar-refractivity contribution in [3.63, 3.8) is 0 Å². The molecule has 0 bridgehead atoms. The molecule has 36 heavy (non-hydrogen) atoms. The molecule has 0 aromatic heterocycles. The van der Waals surface area contributed by atoms with Gasteiger partial charge in [0.2, 0.25) is 0 Å². The van der Waals surface area contributed by atoms with Crippen LogP contribution >= 0.6 is 0 Å². The summed E-state index contributed by atoms with van der Waals surface area (Å²) in [6, 6.07) is 0. The Bertz CT molecular complexity index is 480. The van der Waals surface area contributed by atoms with Crippen LogP contribution in [0.4, 0.5) is 0 Å². The Morgan fingerprint density at radius 2 is 0.722 bits per heavy atom. The highest BCUT2D eigenvalue weighted by atomic mass is 16.5. The maximum absolute atomic E-state index is 6.53. The van der Waals surface area contributed by atoms with Crippen LogP contribution in [0.5, 0.6) is 0 Å². The summed E-state index contributed by atoms with van der Waals surface area (Å²) in [4.78, 5) is 0. The van der Waals surface area contributed by atoms with Crippen molar-refractivity contribution in [1.82, 2.24) is 0 Å². The van der Waals surface area contributed by atoms with Crippen molar-refractivity contribution in [2.75, 3.05) is 39.6 Å².